The van der Waals surface area contributed by atoms with Crippen LogP contribution in [-0.4, -0.2) is 21.1 Å². The summed E-state index contributed by atoms with van der Waals surface area (Å²) >= 11 is 6.92. The minimum atomic E-state index is 0.289. The molecule has 0 saturated carbocycles. The number of hydrogen-bond acceptors (Lipinski definition) is 5. The van der Waals surface area contributed by atoms with Gasteiger partial charge in [-0.15, -0.1) is 11.3 Å². The highest BCUT2D eigenvalue weighted by Crippen LogP contribution is 2.17. The highest BCUT2D eigenvalue weighted by molar-refractivity contribution is 7.71. The van der Waals surface area contributed by atoms with Crippen LogP contribution in [0.1, 0.15) is 26.7 Å². The van der Waals surface area contributed by atoms with Gasteiger partial charge in [-0.1, -0.05) is 6.07 Å². The summed E-state index contributed by atoms with van der Waals surface area (Å²) in [7, 11) is 0. The lowest BCUT2D eigenvalue weighted by Gasteiger charge is -2.07. The molecule has 0 aliphatic carbocycles. The van der Waals surface area contributed by atoms with E-state index in [4.69, 9.17) is 17.0 Å². The summed E-state index contributed by atoms with van der Waals surface area (Å²) in [4.78, 5) is 2.31. The quantitative estimate of drug-likeness (QED) is 0.544. The zero-order valence-electron chi connectivity index (χ0n) is 13.7. The van der Waals surface area contributed by atoms with E-state index in [1.807, 2.05) is 32.0 Å². The van der Waals surface area contributed by atoms with Crippen molar-refractivity contribution in [3.05, 3.63) is 61.8 Å². The monoisotopic (exact) mass is 358 g/mol. The third kappa shape index (κ3) is 3.98. The highest BCUT2D eigenvalue weighted by atomic mass is 32.1. The fourth-order valence-electron chi connectivity index (χ4n) is 2.34. The Balaban J connectivity index is 1.77. The van der Waals surface area contributed by atoms with Crippen LogP contribution < -0.4 is 4.74 Å². The third-order valence-corrected chi connectivity index (χ3v) is 4.54. The molecule has 1 N–H and O–H groups in total. The zero-order valence-corrected chi connectivity index (χ0v) is 15.4. The van der Waals surface area contributed by atoms with Gasteiger partial charge >= 0.3 is 0 Å². The van der Waals surface area contributed by atoms with Crippen LogP contribution in [-0.2, 0) is 6.61 Å². The first-order valence-corrected chi connectivity index (χ1v) is 8.72. The Morgan fingerprint density at radius 3 is 2.67 bits per heavy atom. The lowest BCUT2D eigenvalue weighted by molar-refractivity contribution is 0.290. The maximum Gasteiger partial charge on any atom is 0.216 e. The van der Waals surface area contributed by atoms with E-state index in [9.17, 15) is 0 Å². The third-order valence-electron chi connectivity index (χ3n) is 3.34. The van der Waals surface area contributed by atoms with Crippen LogP contribution in [0.5, 0.6) is 5.75 Å². The smallest absolute Gasteiger partial charge is 0.216 e. The van der Waals surface area contributed by atoms with Gasteiger partial charge in [0.15, 0.2) is 5.82 Å². The van der Waals surface area contributed by atoms with Gasteiger partial charge < -0.3 is 4.74 Å². The number of H-pyrrole nitrogens is 1. The number of nitrogens with zero attached hydrogens (tertiary/aromatic N) is 3. The Labute approximate surface area is 149 Å². The molecule has 0 bridgehead atoms. The predicted molar refractivity (Wildman–Crippen MR) is 99.7 cm³/mol. The second kappa shape index (κ2) is 7.11. The lowest BCUT2D eigenvalue weighted by atomic mass is 10.1. The van der Waals surface area contributed by atoms with E-state index in [2.05, 4.69) is 34.4 Å². The van der Waals surface area contributed by atoms with Crippen molar-refractivity contribution in [1.29, 1.82) is 0 Å². The van der Waals surface area contributed by atoms with E-state index in [1.165, 1.54) is 4.88 Å². The molecule has 1 aromatic carbocycles. The Morgan fingerprint density at radius 1 is 1.25 bits per heavy atom. The van der Waals surface area contributed by atoms with Gasteiger partial charge in [-0.25, -0.2) is 5.10 Å². The molecule has 5 nitrogen and oxygen atoms in total. The van der Waals surface area contributed by atoms with Gasteiger partial charge in [0.1, 0.15) is 12.4 Å². The maximum atomic E-state index is 5.84. The summed E-state index contributed by atoms with van der Waals surface area (Å²) in [5, 5.41) is 11.4. The number of aromatic amines is 1. The molecule has 0 aliphatic heterocycles. The number of ether oxygens (including phenoxy) is 1. The van der Waals surface area contributed by atoms with Gasteiger partial charge in [-0.05, 0) is 68.4 Å². The molecule has 0 radical (unpaired) electrons. The van der Waals surface area contributed by atoms with Gasteiger partial charge in [-0.3, -0.25) is 0 Å². The van der Waals surface area contributed by atoms with Crippen molar-refractivity contribution >= 4 is 29.8 Å². The Bertz CT molecular complexity index is 916. The summed E-state index contributed by atoms with van der Waals surface area (Å²) in [6.07, 6.45) is 1.78. The number of rotatable bonds is 5. The zero-order chi connectivity index (χ0) is 17.1. The Morgan fingerprint density at radius 2 is 2.00 bits per heavy atom. The molecule has 0 unspecified atom stereocenters. The largest absolute Gasteiger partial charge is 0.486 e. The number of hydrogen-bond donors (Lipinski definition) is 1. The topological polar surface area (TPSA) is 55.2 Å². The van der Waals surface area contributed by atoms with Crippen molar-refractivity contribution in [2.24, 2.45) is 5.10 Å². The summed E-state index contributed by atoms with van der Waals surface area (Å²) in [6.45, 7) is 6.44. The summed E-state index contributed by atoms with van der Waals surface area (Å²) < 4.78 is 7.88. The van der Waals surface area contributed by atoms with E-state index >= 15 is 0 Å². The molecule has 0 amide bonds. The van der Waals surface area contributed by atoms with Crippen molar-refractivity contribution in [3.8, 4) is 5.75 Å². The van der Waals surface area contributed by atoms with Crippen LogP contribution in [0, 0.1) is 25.5 Å². The molecule has 7 heteroatoms. The first-order valence-electron chi connectivity index (χ1n) is 7.49. The first kappa shape index (κ1) is 16.6. The van der Waals surface area contributed by atoms with Crippen molar-refractivity contribution in [2.45, 2.75) is 27.4 Å². The van der Waals surface area contributed by atoms with Crippen LogP contribution in [0.3, 0.4) is 0 Å². The number of nitrogens with one attached hydrogen (secondary N) is 1. The first-order chi connectivity index (χ1) is 11.5. The molecule has 24 heavy (non-hydrogen) atoms. The minimum absolute atomic E-state index is 0.289. The average molecular weight is 358 g/mol. The molecule has 0 saturated heterocycles. The van der Waals surface area contributed by atoms with Gasteiger partial charge in [-0.2, -0.15) is 14.9 Å². The molecule has 2 aromatic heterocycles. The molecule has 3 aromatic rings. The van der Waals surface area contributed by atoms with Crippen molar-refractivity contribution < 1.29 is 4.74 Å². The number of benzene rings is 1. The van der Waals surface area contributed by atoms with Crippen molar-refractivity contribution in [2.75, 3.05) is 0 Å². The number of aryl methyl sites for hydroxylation is 3. The van der Waals surface area contributed by atoms with Crippen LogP contribution in [0.2, 0.25) is 0 Å². The summed E-state index contributed by atoms with van der Waals surface area (Å²) in [5.74, 6) is 1.44. The van der Waals surface area contributed by atoms with E-state index < -0.39 is 0 Å². The van der Waals surface area contributed by atoms with E-state index in [-0.39, 0.29) is 6.61 Å². The molecule has 0 atom stereocenters. The number of aromatic nitrogens is 3. The molecule has 2 heterocycles. The lowest BCUT2D eigenvalue weighted by Crippen LogP contribution is -2.04. The second-order valence-corrected chi connectivity index (χ2v) is 7.27. The molecular weight excluding hydrogens is 340 g/mol. The highest BCUT2D eigenvalue weighted by Gasteiger charge is 2.07. The molecular formula is C17H18N4OS2. The average Bonchev–Trinajstić information content (AvgIpc) is 3.08. The molecule has 3 rings (SSSR count). The van der Waals surface area contributed by atoms with Crippen LogP contribution >= 0.6 is 23.6 Å². The van der Waals surface area contributed by atoms with E-state index in [1.54, 1.807) is 22.2 Å². The number of thiophene rings is 1. The van der Waals surface area contributed by atoms with Gasteiger partial charge in [0.25, 0.3) is 0 Å². The van der Waals surface area contributed by atoms with Crippen LogP contribution in [0.15, 0.2) is 35.4 Å². The summed E-state index contributed by atoms with van der Waals surface area (Å²) in [5.41, 5.74) is 2.32. The van der Waals surface area contributed by atoms with Crippen molar-refractivity contribution in [3.63, 3.8) is 0 Å². The molecule has 0 fully saturated rings. The minimum Gasteiger partial charge on any atom is -0.486 e. The van der Waals surface area contributed by atoms with Crippen LogP contribution in [0.4, 0.5) is 0 Å². The Hall–Kier alpha value is -2.25. The molecule has 124 valence electrons. The van der Waals surface area contributed by atoms with Gasteiger partial charge in [0.05, 0.1) is 6.21 Å². The van der Waals surface area contributed by atoms with Crippen molar-refractivity contribution in [1.82, 2.24) is 14.9 Å². The normalized spacial score (nSPS) is 11.3. The molecule has 0 aliphatic rings. The van der Waals surface area contributed by atoms with E-state index in [0.717, 1.165) is 21.8 Å². The maximum absolute atomic E-state index is 5.84. The van der Waals surface area contributed by atoms with Crippen LogP contribution in [0.25, 0.3) is 0 Å². The second-order valence-electron chi connectivity index (χ2n) is 5.56. The standard InChI is InChI=1S/C17H18N4OS2/c1-11-6-12(2)8-14(7-11)22-10-16-19-20-17(23)21(16)18-9-15-5-4-13(3)24-15/h4-9H,10H2,1-3H3,(H,20,23)/b18-9-. The SMILES string of the molecule is Cc1cc(C)cc(OCc2n[nH]c(=S)n2/N=C\c2ccc(C)s2)c1. The fourth-order valence-corrected chi connectivity index (χ4v) is 3.28. The molecule has 0 spiro atoms. The summed E-state index contributed by atoms with van der Waals surface area (Å²) in [6, 6.07) is 10.2. The Kier molecular flexibility index (Phi) is 4.92. The van der Waals surface area contributed by atoms with E-state index in [0.29, 0.717) is 10.6 Å². The van der Waals surface area contributed by atoms with Gasteiger partial charge in [0.2, 0.25) is 4.77 Å². The fraction of sp³-hybridized carbons (Fsp3) is 0.235. The predicted octanol–water partition coefficient (Wildman–Crippen LogP) is 4.39. The van der Waals surface area contributed by atoms with Gasteiger partial charge in [0, 0.05) is 9.75 Å².